The third-order valence-corrected chi connectivity index (χ3v) is 3.12. The molecule has 1 fully saturated rings. The third-order valence-electron chi connectivity index (χ3n) is 3.12. The molecule has 1 rings (SSSR count). The zero-order valence-electron chi connectivity index (χ0n) is 9.77. The van der Waals surface area contributed by atoms with Crippen molar-refractivity contribution < 1.29 is 0 Å². The predicted molar refractivity (Wildman–Crippen MR) is 59.0 cm³/mol. The molecular weight excluding hydrogens is 158 g/mol. The number of likely N-dealkylation sites (tertiary alicyclic amines) is 1. The van der Waals surface area contributed by atoms with Crippen LogP contribution in [0.1, 0.15) is 53.4 Å². The van der Waals surface area contributed by atoms with Crippen molar-refractivity contribution in [1.82, 2.24) is 4.90 Å². The molecule has 1 nitrogen and oxygen atoms in total. The summed E-state index contributed by atoms with van der Waals surface area (Å²) < 4.78 is 0. The molecule has 0 aromatic rings. The van der Waals surface area contributed by atoms with Crippen LogP contribution in [-0.2, 0) is 0 Å². The van der Waals surface area contributed by atoms with Gasteiger partial charge in [-0.3, -0.25) is 4.90 Å². The van der Waals surface area contributed by atoms with E-state index in [-0.39, 0.29) is 0 Å². The first kappa shape index (κ1) is 11.0. The molecule has 0 unspecified atom stereocenters. The van der Waals surface area contributed by atoms with Gasteiger partial charge in [-0.15, -0.1) is 0 Å². The van der Waals surface area contributed by atoms with Crippen molar-refractivity contribution in [2.75, 3.05) is 13.1 Å². The minimum absolute atomic E-state index is 0.425. The van der Waals surface area contributed by atoms with Crippen molar-refractivity contribution in [3.05, 3.63) is 0 Å². The lowest BCUT2D eigenvalue weighted by molar-refractivity contribution is 0.0774. The van der Waals surface area contributed by atoms with E-state index in [9.17, 15) is 0 Å². The summed E-state index contributed by atoms with van der Waals surface area (Å²) >= 11 is 0. The lowest BCUT2D eigenvalue weighted by atomic mass is 9.89. The summed E-state index contributed by atoms with van der Waals surface area (Å²) in [4.78, 5) is 2.68. The van der Waals surface area contributed by atoms with Crippen molar-refractivity contribution in [1.29, 1.82) is 0 Å². The van der Waals surface area contributed by atoms with Gasteiger partial charge in [-0.25, -0.2) is 0 Å². The highest BCUT2D eigenvalue weighted by molar-refractivity contribution is 4.84. The average Bonchev–Trinajstić information content (AvgIpc) is 2.04. The van der Waals surface area contributed by atoms with Crippen LogP contribution in [0, 0.1) is 5.92 Å². The summed E-state index contributed by atoms with van der Waals surface area (Å²) in [6, 6.07) is 0. The van der Waals surface area contributed by atoms with Crippen LogP contribution in [0.4, 0.5) is 0 Å². The van der Waals surface area contributed by atoms with Crippen molar-refractivity contribution in [3.63, 3.8) is 0 Å². The Labute approximate surface area is 83.5 Å². The average molecular weight is 183 g/mol. The van der Waals surface area contributed by atoms with Gasteiger partial charge in [0.25, 0.3) is 0 Å². The Morgan fingerprint density at radius 1 is 1.08 bits per heavy atom. The van der Waals surface area contributed by atoms with E-state index in [0.717, 1.165) is 5.92 Å². The van der Waals surface area contributed by atoms with Gasteiger partial charge in [-0.1, -0.05) is 20.3 Å². The van der Waals surface area contributed by atoms with Crippen LogP contribution in [-0.4, -0.2) is 23.5 Å². The van der Waals surface area contributed by atoms with Gasteiger partial charge in [0.2, 0.25) is 0 Å². The Hall–Kier alpha value is -0.0400. The molecule has 0 aromatic heterocycles. The monoisotopic (exact) mass is 183 g/mol. The standard InChI is InChI=1S/C12H25N/c1-11(2)10-12(3,4)13-8-6-5-7-9-13/h11H,5-10H2,1-4H3. The largest absolute Gasteiger partial charge is 0.298 e. The molecule has 0 radical (unpaired) electrons. The van der Waals surface area contributed by atoms with Crippen LogP contribution in [0.5, 0.6) is 0 Å². The number of hydrogen-bond donors (Lipinski definition) is 0. The Bertz CT molecular complexity index is 143. The van der Waals surface area contributed by atoms with Crippen LogP contribution in [0.3, 0.4) is 0 Å². The Kier molecular flexibility index (Phi) is 3.78. The number of rotatable bonds is 3. The highest BCUT2D eigenvalue weighted by atomic mass is 15.2. The van der Waals surface area contributed by atoms with Crippen molar-refractivity contribution in [2.45, 2.75) is 58.9 Å². The molecule has 0 saturated carbocycles. The van der Waals surface area contributed by atoms with E-state index in [0.29, 0.717) is 5.54 Å². The van der Waals surface area contributed by atoms with E-state index in [1.165, 1.54) is 38.8 Å². The summed E-state index contributed by atoms with van der Waals surface area (Å²) in [5, 5.41) is 0. The Balaban J connectivity index is 2.45. The lowest BCUT2D eigenvalue weighted by Crippen LogP contribution is -2.47. The smallest absolute Gasteiger partial charge is 0.0155 e. The quantitative estimate of drug-likeness (QED) is 0.649. The maximum absolute atomic E-state index is 2.68. The van der Waals surface area contributed by atoms with E-state index < -0.39 is 0 Å². The molecule has 1 aliphatic rings. The molecule has 1 heterocycles. The number of nitrogens with zero attached hydrogens (tertiary/aromatic N) is 1. The Morgan fingerprint density at radius 3 is 2.08 bits per heavy atom. The van der Waals surface area contributed by atoms with E-state index in [1.807, 2.05) is 0 Å². The predicted octanol–water partition coefficient (Wildman–Crippen LogP) is 3.30. The van der Waals surface area contributed by atoms with E-state index in [2.05, 4.69) is 32.6 Å². The summed E-state index contributed by atoms with van der Waals surface area (Å²) in [5.41, 5.74) is 0.425. The molecule has 0 spiro atoms. The van der Waals surface area contributed by atoms with Crippen LogP contribution in [0.15, 0.2) is 0 Å². The molecule has 1 saturated heterocycles. The van der Waals surface area contributed by atoms with E-state index in [4.69, 9.17) is 0 Å². The van der Waals surface area contributed by atoms with Crippen LogP contribution in [0.2, 0.25) is 0 Å². The van der Waals surface area contributed by atoms with Crippen molar-refractivity contribution in [3.8, 4) is 0 Å². The molecule has 78 valence electrons. The van der Waals surface area contributed by atoms with Crippen molar-refractivity contribution >= 4 is 0 Å². The van der Waals surface area contributed by atoms with Gasteiger partial charge in [-0.05, 0) is 52.1 Å². The third kappa shape index (κ3) is 3.30. The fourth-order valence-corrected chi connectivity index (χ4v) is 2.63. The molecule has 1 aliphatic heterocycles. The molecule has 1 heteroatoms. The lowest BCUT2D eigenvalue weighted by Gasteiger charge is -2.42. The molecular formula is C12H25N. The van der Waals surface area contributed by atoms with Gasteiger partial charge in [0.15, 0.2) is 0 Å². The van der Waals surface area contributed by atoms with Crippen LogP contribution < -0.4 is 0 Å². The molecule has 0 N–H and O–H groups in total. The van der Waals surface area contributed by atoms with Gasteiger partial charge in [0, 0.05) is 5.54 Å². The highest BCUT2D eigenvalue weighted by Gasteiger charge is 2.28. The van der Waals surface area contributed by atoms with E-state index in [1.54, 1.807) is 0 Å². The summed E-state index contributed by atoms with van der Waals surface area (Å²) in [5.74, 6) is 0.817. The van der Waals surface area contributed by atoms with Gasteiger partial charge in [0.1, 0.15) is 0 Å². The number of hydrogen-bond acceptors (Lipinski definition) is 1. The minimum atomic E-state index is 0.425. The first-order chi connectivity index (χ1) is 6.02. The molecule has 0 amide bonds. The fraction of sp³-hybridized carbons (Fsp3) is 1.00. The second-order valence-corrected chi connectivity index (χ2v) is 5.46. The second-order valence-electron chi connectivity index (χ2n) is 5.46. The first-order valence-electron chi connectivity index (χ1n) is 5.77. The topological polar surface area (TPSA) is 3.24 Å². The zero-order chi connectivity index (χ0) is 9.90. The summed E-state index contributed by atoms with van der Waals surface area (Å²) in [7, 11) is 0. The van der Waals surface area contributed by atoms with Gasteiger partial charge in [-0.2, -0.15) is 0 Å². The first-order valence-corrected chi connectivity index (χ1v) is 5.77. The van der Waals surface area contributed by atoms with Crippen LogP contribution >= 0.6 is 0 Å². The molecule has 0 bridgehead atoms. The normalized spacial score (nSPS) is 21.0. The molecule has 0 atom stereocenters. The Morgan fingerprint density at radius 2 is 1.62 bits per heavy atom. The molecule has 0 aliphatic carbocycles. The maximum Gasteiger partial charge on any atom is 0.0155 e. The van der Waals surface area contributed by atoms with Gasteiger partial charge in [0.05, 0.1) is 0 Å². The molecule has 0 aromatic carbocycles. The highest BCUT2D eigenvalue weighted by Crippen LogP contribution is 2.26. The zero-order valence-corrected chi connectivity index (χ0v) is 9.77. The van der Waals surface area contributed by atoms with Crippen LogP contribution in [0.25, 0.3) is 0 Å². The maximum atomic E-state index is 2.68. The number of piperidine rings is 1. The summed E-state index contributed by atoms with van der Waals surface area (Å²) in [6.45, 7) is 12.1. The molecule has 13 heavy (non-hydrogen) atoms. The van der Waals surface area contributed by atoms with E-state index >= 15 is 0 Å². The fourth-order valence-electron chi connectivity index (χ4n) is 2.63. The minimum Gasteiger partial charge on any atom is -0.298 e. The SMILES string of the molecule is CC(C)CC(C)(C)N1CCCCC1. The van der Waals surface area contributed by atoms with Gasteiger partial charge < -0.3 is 0 Å². The van der Waals surface area contributed by atoms with Crippen molar-refractivity contribution in [2.24, 2.45) is 5.92 Å². The van der Waals surface area contributed by atoms with Gasteiger partial charge >= 0.3 is 0 Å². The summed E-state index contributed by atoms with van der Waals surface area (Å²) in [6.07, 6.45) is 5.57. The second kappa shape index (κ2) is 4.45.